The van der Waals surface area contributed by atoms with Crippen LogP contribution in [0, 0.1) is 0 Å². The number of nitrogens with zero attached hydrogens (tertiary/aromatic N) is 3. The molecule has 21 heavy (non-hydrogen) atoms. The number of anilines is 1. The molecule has 2 heterocycles. The number of aromatic nitrogens is 3. The first-order valence-corrected chi connectivity index (χ1v) is 6.59. The summed E-state index contributed by atoms with van der Waals surface area (Å²) in [5, 5.41) is 0.624. The lowest BCUT2D eigenvalue weighted by Crippen LogP contribution is -2.17. The minimum absolute atomic E-state index is 0.146. The number of benzene rings is 1. The van der Waals surface area contributed by atoms with Crippen LogP contribution in [0.25, 0.3) is 16.9 Å². The summed E-state index contributed by atoms with van der Waals surface area (Å²) in [6, 6.07) is 12.1. The lowest BCUT2D eigenvalue weighted by atomic mass is 10.1. The van der Waals surface area contributed by atoms with Gasteiger partial charge in [-0.2, -0.15) is 0 Å². The summed E-state index contributed by atoms with van der Waals surface area (Å²) in [6.07, 6.45) is 3.20. The molecule has 0 atom stereocenters. The molecule has 0 bridgehead atoms. The zero-order valence-electron chi connectivity index (χ0n) is 10.9. The molecule has 0 aliphatic heterocycles. The fraction of sp³-hybridized carbons (Fsp3) is 0. The summed E-state index contributed by atoms with van der Waals surface area (Å²) < 4.78 is 1.48. The van der Waals surface area contributed by atoms with Crippen LogP contribution in [0.15, 0.2) is 59.7 Å². The van der Waals surface area contributed by atoms with Crippen molar-refractivity contribution in [1.29, 1.82) is 0 Å². The Balaban J connectivity index is 2.25. The van der Waals surface area contributed by atoms with Crippen LogP contribution < -0.4 is 11.3 Å². The molecule has 0 saturated carbocycles. The molecule has 3 aromatic rings. The molecule has 0 aliphatic rings. The highest BCUT2D eigenvalue weighted by Gasteiger charge is 2.11. The van der Waals surface area contributed by atoms with Gasteiger partial charge < -0.3 is 5.73 Å². The van der Waals surface area contributed by atoms with Crippen molar-refractivity contribution in [2.75, 3.05) is 5.73 Å². The Morgan fingerprint density at radius 2 is 1.86 bits per heavy atom. The van der Waals surface area contributed by atoms with Crippen molar-refractivity contribution < 1.29 is 0 Å². The van der Waals surface area contributed by atoms with Crippen molar-refractivity contribution in [3.63, 3.8) is 0 Å². The molecule has 2 aromatic heterocycles. The van der Waals surface area contributed by atoms with E-state index in [-0.39, 0.29) is 11.5 Å². The van der Waals surface area contributed by atoms with Gasteiger partial charge in [-0.25, -0.2) is 9.97 Å². The van der Waals surface area contributed by atoms with E-state index in [0.29, 0.717) is 16.4 Å². The predicted octanol–water partition coefficient (Wildman–Crippen LogP) is 2.53. The Labute approximate surface area is 125 Å². The Morgan fingerprint density at radius 3 is 2.57 bits per heavy atom. The van der Waals surface area contributed by atoms with Gasteiger partial charge in [0.15, 0.2) is 0 Å². The number of nitrogen functional groups attached to an aromatic ring is 1. The van der Waals surface area contributed by atoms with E-state index in [9.17, 15) is 4.79 Å². The van der Waals surface area contributed by atoms with Crippen molar-refractivity contribution in [3.05, 3.63) is 70.2 Å². The van der Waals surface area contributed by atoms with Gasteiger partial charge >= 0.3 is 0 Å². The molecular weight excluding hydrogens is 288 g/mol. The van der Waals surface area contributed by atoms with Gasteiger partial charge in [0.05, 0.1) is 17.6 Å². The Kier molecular flexibility index (Phi) is 3.41. The Morgan fingerprint density at radius 1 is 1.10 bits per heavy atom. The van der Waals surface area contributed by atoms with Gasteiger partial charge in [-0.3, -0.25) is 9.36 Å². The third-order valence-electron chi connectivity index (χ3n) is 2.99. The van der Waals surface area contributed by atoms with Gasteiger partial charge in [0, 0.05) is 22.8 Å². The second-order valence-corrected chi connectivity index (χ2v) is 4.81. The van der Waals surface area contributed by atoms with Crippen LogP contribution in [0.4, 0.5) is 5.95 Å². The van der Waals surface area contributed by atoms with E-state index < -0.39 is 0 Å². The standard InChI is InChI=1S/C15H11ClN4O/c16-11-6-4-10(5-7-11)14-12(9-18-15(17)19-14)20-8-2-1-3-13(20)21/h1-9H,(H2,17,18,19). The summed E-state index contributed by atoms with van der Waals surface area (Å²) in [7, 11) is 0. The molecule has 0 aliphatic carbocycles. The molecular formula is C15H11ClN4O. The van der Waals surface area contributed by atoms with Crippen LogP contribution in [0.2, 0.25) is 5.02 Å². The van der Waals surface area contributed by atoms with Gasteiger partial charge in [-0.1, -0.05) is 29.8 Å². The molecule has 5 nitrogen and oxygen atoms in total. The van der Waals surface area contributed by atoms with Crippen LogP contribution in [0.5, 0.6) is 0 Å². The first-order valence-electron chi connectivity index (χ1n) is 6.21. The molecule has 104 valence electrons. The van der Waals surface area contributed by atoms with Crippen molar-refractivity contribution in [1.82, 2.24) is 14.5 Å². The van der Waals surface area contributed by atoms with E-state index in [4.69, 9.17) is 17.3 Å². The van der Waals surface area contributed by atoms with Gasteiger partial charge in [-0.15, -0.1) is 0 Å². The van der Waals surface area contributed by atoms with E-state index in [1.165, 1.54) is 16.8 Å². The van der Waals surface area contributed by atoms with E-state index in [1.807, 2.05) is 12.1 Å². The topological polar surface area (TPSA) is 73.8 Å². The molecule has 0 radical (unpaired) electrons. The number of rotatable bonds is 2. The minimum Gasteiger partial charge on any atom is -0.368 e. The molecule has 6 heteroatoms. The van der Waals surface area contributed by atoms with Gasteiger partial charge in [0.25, 0.3) is 5.56 Å². The summed E-state index contributed by atoms with van der Waals surface area (Å²) in [4.78, 5) is 20.2. The third-order valence-corrected chi connectivity index (χ3v) is 3.24. The van der Waals surface area contributed by atoms with E-state index >= 15 is 0 Å². The van der Waals surface area contributed by atoms with Gasteiger partial charge in [0.1, 0.15) is 0 Å². The molecule has 0 saturated heterocycles. The number of pyridine rings is 1. The summed E-state index contributed by atoms with van der Waals surface area (Å²) in [5.74, 6) is 0.146. The second-order valence-electron chi connectivity index (χ2n) is 4.38. The highest BCUT2D eigenvalue weighted by Crippen LogP contribution is 2.25. The van der Waals surface area contributed by atoms with Crippen molar-refractivity contribution >= 4 is 17.5 Å². The van der Waals surface area contributed by atoms with Crippen molar-refractivity contribution in [2.45, 2.75) is 0 Å². The van der Waals surface area contributed by atoms with E-state index in [0.717, 1.165) is 5.56 Å². The summed E-state index contributed by atoms with van der Waals surface area (Å²) >= 11 is 5.90. The Hall–Kier alpha value is -2.66. The van der Waals surface area contributed by atoms with Crippen molar-refractivity contribution in [2.24, 2.45) is 0 Å². The normalized spacial score (nSPS) is 10.5. The zero-order valence-corrected chi connectivity index (χ0v) is 11.7. The molecule has 0 spiro atoms. The second kappa shape index (κ2) is 5.38. The minimum atomic E-state index is -0.166. The number of hydrogen-bond donors (Lipinski definition) is 1. The molecule has 0 unspecified atom stereocenters. The van der Waals surface area contributed by atoms with Gasteiger partial charge in [0.2, 0.25) is 5.95 Å². The average Bonchev–Trinajstić information content (AvgIpc) is 2.49. The highest BCUT2D eigenvalue weighted by atomic mass is 35.5. The third kappa shape index (κ3) is 2.64. The smallest absolute Gasteiger partial charge is 0.255 e. The monoisotopic (exact) mass is 298 g/mol. The largest absolute Gasteiger partial charge is 0.368 e. The number of hydrogen-bond acceptors (Lipinski definition) is 4. The fourth-order valence-corrected chi connectivity index (χ4v) is 2.14. The first-order chi connectivity index (χ1) is 10.1. The van der Waals surface area contributed by atoms with Crippen LogP contribution in [0.1, 0.15) is 0 Å². The summed E-state index contributed by atoms with van der Waals surface area (Å²) in [6.45, 7) is 0. The number of nitrogens with two attached hydrogens (primary N) is 1. The zero-order chi connectivity index (χ0) is 14.8. The molecule has 0 fully saturated rings. The predicted molar refractivity (Wildman–Crippen MR) is 82.5 cm³/mol. The van der Waals surface area contributed by atoms with Crippen LogP contribution in [-0.4, -0.2) is 14.5 Å². The lowest BCUT2D eigenvalue weighted by Gasteiger charge is -2.11. The number of halogens is 1. The SMILES string of the molecule is Nc1ncc(-n2ccccc2=O)c(-c2ccc(Cl)cc2)n1. The van der Waals surface area contributed by atoms with E-state index in [1.54, 1.807) is 30.5 Å². The average molecular weight is 299 g/mol. The maximum Gasteiger partial charge on any atom is 0.255 e. The maximum absolute atomic E-state index is 12.0. The van der Waals surface area contributed by atoms with Crippen LogP contribution in [0.3, 0.4) is 0 Å². The van der Waals surface area contributed by atoms with E-state index in [2.05, 4.69) is 9.97 Å². The fourth-order valence-electron chi connectivity index (χ4n) is 2.01. The molecule has 3 rings (SSSR count). The van der Waals surface area contributed by atoms with Gasteiger partial charge in [-0.05, 0) is 18.2 Å². The van der Waals surface area contributed by atoms with Crippen LogP contribution >= 0.6 is 11.6 Å². The van der Waals surface area contributed by atoms with Crippen molar-refractivity contribution in [3.8, 4) is 16.9 Å². The van der Waals surface area contributed by atoms with Crippen LogP contribution in [-0.2, 0) is 0 Å². The highest BCUT2D eigenvalue weighted by molar-refractivity contribution is 6.30. The quantitative estimate of drug-likeness (QED) is 0.789. The summed E-state index contributed by atoms with van der Waals surface area (Å²) in [5.41, 5.74) is 7.46. The Bertz CT molecular complexity index is 843. The lowest BCUT2D eigenvalue weighted by molar-refractivity contribution is 0.965. The molecule has 2 N–H and O–H groups in total. The molecule has 0 amide bonds. The first kappa shape index (κ1) is 13.3. The maximum atomic E-state index is 12.0. The molecule has 1 aromatic carbocycles.